The van der Waals surface area contributed by atoms with Crippen LogP contribution >= 0.6 is 15.9 Å². The summed E-state index contributed by atoms with van der Waals surface area (Å²) in [5.41, 5.74) is 7.11. The van der Waals surface area contributed by atoms with Crippen LogP contribution in [0.25, 0.3) is 0 Å². The Morgan fingerprint density at radius 1 is 0.970 bits per heavy atom. The monoisotopic (exact) mass is 507 g/mol. The smallest absolute Gasteiger partial charge is 0.240 e. The molecule has 0 unspecified atom stereocenters. The van der Waals surface area contributed by atoms with Crippen molar-refractivity contribution in [2.45, 2.75) is 33.3 Å². The number of rotatable bonds is 9. The molecular weight excluding hydrogens is 482 g/mol. The molecule has 0 saturated carbocycles. The molecule has 0 aliphatic carbocycles. The van der Waals surface area contributed by atoms with E-state index >= 15 is 0 Å². The van der Waals surface area contributed by atoms with E-state index in [-0.39, 0.29) is 24.7 Å². The van der Waals surface area contributed by atoms with E-state index < -0.39 is 0 Å². The van der Waals surface area contributed by atoms with Gasteiger partial charge in [0.2, 0.25) is 11.8 Å². The Bertz CT molecular complexity index is 1140. The van der Waals surface area contributed by atoms with Gasteiger partial charge in [0.15, 0.2) is 0 Å². The third-order valence-electron chi connectivity index (χ3n) is 4.85. The lowest BCUT2D eigenvalue weighted by atomic mass is 10.1. The van der Waals surface area contributed by atoms with Gasteiger partial charge in [-0.3, -0.25) is 9.59 Å². The minimum atomic E-state index is -0.338. The summed E-state index contributed by atoms with van der Waals surface area (Å²) in [4.78, 5) is 24.2. The number of amides is 2. The first-order chi connectivity index (χ1) is 15.9. The predicted octanol–water partition coefficient (Wildman–Crippen LogP) is 5.51. The maximum absolute atomic E-state index is 12.2. The summed E-state index contributed by atoms with van der Waals surface area (Å²) in [6.07, 6.45) is 1.64. The van der Waals surface area contributed by atoms with Crippen LogP contribution in [0.5, 0.6) is 5.75 Å². The molecule has 170 valence electrons. The number of hydrogen-bond donors (Lipinski definition) is 2. The van der Waals surface area contributed by atoms with E-state index in [2.05, 4.69) is 31.8 Å². The van der Waals surface area contributed by atoms with Gasteiger partial charge < -0.3 is 10.1 Å². The Morgan fingerprint density at radius 3 is 2.45 bits per heavy atom. The van der Waals surface area contributed by atoms with E-state index in [9.17, 15) is 9.59 Å². The molecule has 0 aromatic heterocycles. The van der Waals surface area contributed by atoms with Gasteiger partial charge in [0.1, 0.15) is 12.4 Å². The molecule has 33 heavy (non-hydrogen) atoms. The van der Waals surface area contributed by atoms with Crippen LogP contribution in [-0.2, 0) is 16.2 Å². The van der Waals surface area contributed by atoms with Gasteiger partial charge in [-0.25, -0.2) is 5.43 Å². The van der Waals surface area contributed by atoms with Gasteiger partial charge in [0.05, 0.1) is 6.21 Å². The molecule has 0 radical (unpaired) electrons. The topological polar surface area (TPSA) is 79.8 Å². The van der Waals surface area contributed by atoms with E-state index in [1.54, 1.807) is 0 Å². The molecule has 7 heteroatoms. The van der Waals surface area contributed by atoms with Crippen molar-refractivity contribution in [2.75, 3.05) is 5.32 Å². The Balaban J connectivity index is 1.47. The zero-order valence-corrected chi connectivity index (χ0v) is 20.2. The van der Waals surface area contributed by atoms with Crippen molar-refractivity contribution >= 4 is 39.6 Å². The van der Waals surface area contributed by atoms with E-state index in [0.29, 0.717) is 12.4 Å². The standard InChI is InChI=1S/C26H26BrN3O3/c1-18-7-12-23(19(2)15-18)29-25(31)13-14-26(32)30-28-16-21-5-3-4-6-24(21)33-17-20-8-10-22(27)11-9-20/h3-12,15-16H,13-14,17H2,1-2H3,(H,29,31)(H,30,32)/b28-16-. The number of ether oxygens (including phenoxy) is 1. The molecule has 6 nitrogen and oxygen atoms in total. The van der Waals surface area contributed by atoms with Crippen LogP contribution in [0.1, 0.15) is 35.1 Å². The molecule has 0 atom stereocenters. The zero-order chi connectivity index (χ0) is 23.6. The molecule has 3 rings (SSSR count). The van der Waals surface area contributed by atoms with Crippen LogP contribution in [-0.4, -0.2) is 18.0 Å². The molecular formula is C26H26BrN3O3. The highest BCUT2D eigenvalue weighted by Gasteiger charge is 2.08. The summed E-state index contributed by atoms with van der Waals surface area (Å²) in [6, 6.07) is 21.1. The highest BCUT2D eigenvalue weighted by atomic mass is 79.9. The lowest BCUT2D eigenvalue weighted by Crippen LogP contribution is -2.21. The minimum Gasteiger partial charge on any atom is -0.488 e. The summed E-state index contributed by atoms with van der Waals surface area (Å²) < 4.78 is 6.91. The molecule has 0 aliphatic heterocycles. The largest absolute Gasteiger partial charge is 0.488 e. The van der Waals surface area contributed by atoms with Gasteiger partial charge in [-0.1, -0.05) is 57.9 Å². The van der Waals surface area contributed by atoms with Crippen molar-refractivity contribution in [1.82, 2.24) is 5.43 Å². The third kappa shape index (κ3) is 7.88. The van der Waals surface area contributed by atoms with Gasteiger partial charge in [-0.05, 0) is 55.3 Å². The fraction of sp³-hybridized carbons (Fsp3) is 0.192. The number of para-hydroxylation sites is 1. The van der Waals surface area contributed by atoms with E-state index in [4.69, 9.17) is 4.74 Å². The number of aryl methyl sites for hydroxylation is 2. The van der Waals surface area contributed by atoms with Crippen LogP contribution in [0.4, 0.5) is 5.69 Å². The zero-order valence-electron chi connectivity index (χ0n) is 18.6. The fourth-order valence-corrected chi connectivity index (χ4v) is 3.35. The Morgan fingerprint density at radius 2 is 1.70 bits per heavy atom. The molecule has 0 saturated heterocycles. The number of halogens is 1. The highest BCUT2D eigenvalue weighted by Crippen LogP contribution is 2.19. The summed E-state index contributed by atoms with van der Waals surface area (Å²) in [6.45, 7) is 4.35. The van der Waals surface area contributed by atoms with Crippen LogP contribution in [0.2, 0.25) is 0 Å². The highest BCUT2D eigenvalue weighted by molar-refractivity contribution is 9.10. The van der Waals surface area contributed by atoms with Gasteiger partial charge in [-0.15, -0.1) is 0 Å². The SMILES string of the molecule is Cc1ccc(NC(=O)CCC(=O)N/N=C\c2ccccc2OCc2ccc(Br)cc2)c(C)c1. The number of carbonyl (C=O) groups excluding carboxylic acids is 2. The van der Waals surface area contributed by atoms with E-state index in [1.165, 1.54) is 6.21 Å². The van der Waals surface area contributed by atoms with Crippen LogP contribution in [0.3, 0.4) is 0 Å². The molecule has 2 amide bonds. The first-order valence-electron chi connectivity index (χ1n) is 10.6. The molecule has 0 spiro atoms. The van der Waals surface area contributed by atoms with E-state index in [1.807, 2.05) is 80.6 Å². The first-order valence-corrected chi connectivity index (χ1v) is 11.4. The number of anilines is 1. The molecule has 0 aliphatic rings. The van der Waals surface area contributed by atoms with E-state index in [0.717, 1.165) is 32.4 Å². The van der Waals surface area contributed by atoms with Crippen molar-refractivity contribution in [1.29, 1.82) is 0 Å². The fourth-order valence-electron chi connectivity index (χ4n) is 3.08. The van der Waals surface area contributed by atoms with Gasteiger partial charge in [0, 0.05) is 28.6 Å². The average Bonchev–Trinajstić information content (AvgIpc) is 2.80. The van der Waals surface area contributed by atoms with Crippen LogP contribution in [0, 0.1) is 13.8 Å². The van der Waals surface area contributed by atoms with Crippen LogP contribution in [0.15, 0.2) is 76.3 Å². The number of benzene rings is 3. The quantitative estimate of drug-likeness (QED) is 0.295. The Labute approximate surface area is 202 Å². The Hall–Kier alpha value is -3.45. The second kappa shape index (κ2) is 12.0. The van der Waals surface area contributed by atoms with Crippen LogP contribution < -0.4 is 15.5 Å². The lowest BCUT2D eigenvalue weighted by Gasteiger charge is -2.09. The summed E-state index contributed by atoms with van der Waals surface area (Å²) in [5, 5.41) is 6.85. The van der Waals surface area contributed by atoms with Crippen molar-refractivity contribution < 1.29 is 14.3 Å². The second-order valence-electron chi connectivity index (χ2n) is 7.61. The lowest BCUT2D eigenvalue weighted by molar-refractivity contribution is -0.124. The normalized spacial score (nSPS) is 10.8. The summed E-state index contributed by atoms with van der Waals surface area (Å²) >= 11 is 3.42. The van der Waals surface area contributed by atoms with Gasteiger partial charge in [0.25, 0.3) is 0 Å². The molecule has 3 aromatic rings. The molecule has 2 N–H and O–H groups in total. The number of hydrogen-bond acceptors (Lipinski definition) is 4. The predicted molar refractivity (Wildman–Crippen MR) is 134 cm³/mol. The second-order valence-corrected chi connectivity index (χ2v) is 8.53. The number of carbonyl (C=O) groups is 2. The van der Waals surface area contributed by atoms with Gasteiger partial charge in [-0.2, -0.15) is 5.10 Å². The van der Waals surface area contributed by atoms with Crippen molar-refractivity contribution in [3.05, 3.63) is 93.5 Å². The number of nitrogens with zero attached hydrogens (tertiary/aromatic N) is 1. The number of hydrazone groups is 1. The molecule has 3 aromatic carbocycles. The first kappa shape index (κ1) is 24.2. The molecule has 0 fully saturated rings. The summed E-state index contributed by atoms with van der Waals surface area (Å²) in [7, 11) is 0. The third-order valence-corrected chi connectivity index (χ3v) is 5.38. The van der Waals surface area contributed by atoms with Gasteiger partial charge >= 0.3 is 0 Å². The Kier molecular flexibility index (Phi) is 8.78. The summed E-state index contributed by atoms with van der Waals surface area (Å²) in [5.74, 6) is 0.106. The maximum atomic E-state index is 12.2. The minimum absolute atomic E-state index is 0.0375. The average molecular weight is 508 g/mol. The van der Waals surface area contributed by atoms with Crippen molar-refractivity contribution in [3.63, 3.8) is 0 Å². The van der Waals surface area contributed by atoms with Crippen molar-refractivity contribution in [2.24, 2.45) is 5.10 Å². The number of nitrogens with one attached hydrogen (secondary N) is 2. The molecule has 0 heterocycles. The maximum Gasteiger partial charge on any atom is 0.240 e. The molecule has 0 bridgehead atoms. The van der Waals surface area contributed by atoms with Crippen molar-refractivity contribution in [3.8, 4) is 5.75 Å².